The highest BCUT2D eigenvalue weighted by atomic mass is 16.4. The second-order valence-corrected chi connectivity index (χ2v) is 29.6. The number of nitrogens with zero attached hydrogens (tertiary/aromatic N) is 6. The molecule has 1 aromatic rings. The van der Waals surface area contributed by atoms with E-state index >= 15 is 0 Å². The van der Waals surface area contributed by atoms with Gasteiger partial charge >= 0.3 is 5.97 Å². The summed E-state index contributed by atoms with van der Waals surface area (Å²) >= 11 is 0. The summed E-state index contributed by atoms with van der Waals surface area (Å²) in [6, 6.07) is -3.66. The molecule has 0 aromatic heterocycles. The van der Waals surface area contributed by atoms with E-state index in [-0.39, 0.29) is 96.5 Å². The second-order valence-electron chi connectivity index (χ2n) is 29.6. The number of hydrogen-bond donors (Lipinski definition) is 7. The Morgan fingerprint density at radius 3 is 1.40 bits per heavy atom. The average molecular weight is 1400 g/mol. The average Bonchev–Trinajstić information content (AvgIpc) is 0.833. The van der Waals surface area contributed by atoms with Gasteiger partial charge in [0.15, 0.2) is 0 Å². The maximum atomic E-state index is 14.7. The van der Waals surface area contributed by atoms with Crippen LogP contribution in [-0.4, -0.2) is 228 Å². The third-order valence-electron chi connectivity index (χ3n) is 17.9. The summed E-state index contributed by atoms with van der Waals surface area (Å²) in [5.41, 5.74) is 0.319. The van der Waals surface area contributed by atoms with Crippen LogP contribution in [0.15, 0.2) is 24.3 Å². The summed E-state index contributed by atoms with van der Waals surface area (Å²) < 4.78 is 0. The largest absolute Gasteiger partial charge is 0.478 e. The van der Waals surface area contributed by atoms with Crippen molar-refractivity contribution in [2.75, 3.05) is 62.4 Å². The fourth-order valence-corrected chi connectivity index (χ4v) is 11.8. The molecule has 0 aliphatic rings. The molecule has 0 heterocycles. The van der Waals surface area contributed by atoms with Gasteiger partial charge in [0.1, 0.15) is 54.4 Å². The van der Waals surface area contributed by atoms with Gasteiger partial charge in [-0.3, -0.25) is 57.5 Å². The number of hydrogen-bond acceptors (Lipinski definition) is 13. The van der Waals surface area contributed by atoms with Crippen molar-refractivity contribution in [3.63, 3.8) is 0 Å². The third-order valence-corrected chi connectivity index (χ3v) is 17.9. The number of carboxylic acid groups (broad SMARTS) is 1. The molecule has 7 N–H and O–H groups in total. The van der Waals surface area contributed by atoms with Crippen molar-refractivity contribution in [3.8, 4) is 0 Å². The zero-order chi connectivity index (χ0) is 76.0. The Morgan fingerprint density at radius 2 is 0.889 bits per heavy atom. The van der Waals surface area contributed by atoms with Gasteiger partial charge in [0.05, 0.1) is 12.1 Å². The van der Waals surface area contributed by atoms with E-state index in [0.29, 0.717) is 19.4 Å². The summed E-state index contributed by atoms with van der Waals surface area (Å²) in [5.74, 6) is -8.03. The zero-order valence-electron chi connectivity index (χ0n) is 64.1. The lowest BCUT2D eigenvalue weighted by atomic mass is 9.93. The molecule has 0 aliphatic carbocycles. The fourth-order valence-electron chi connectivity index (χ4n) is 11.8. The van der Waals surface area contributed by atoms with E-state index in [2.05, 4.69) is 31.9 Å². The summed E-state index contributed by atoms with van der Waals surface area (Å²) in [6.07, 6.45) is 6.72. The van der Waals surface area contributed by atoms with E-state index in [1.54, 1.807) is 33.9 Å². The molecule has 562 valence electrons. The van der Waals surface area contributed by atoms with Crippen LogP contribution in [0.4, 0.5) is 0 Å². The van der Waals surface area contributed by atoms with Crippen molar-refractivity contribution < 1.29 is 67.4 Å². The van der Waals surface area contributed by atoms with E-state index in [0.717, 1.165) is 38.5 Å². The molecule has 10 atom stereocenters. The maximum Gasteiger partial charge on any atom is 0.335 e. The lowest BCUT2D eigenvalue weighted by Crippen LogP contribution is -2.60. The number of nitrogens with one attached hydrogen (secondary N) is 6. The molecule has 0 saturated heterocycles. The summed E-state index contributed by atoms with van der Waals surface area (Å²) in [7, 11) is 10.4. The molecule has 1 rings (SSSR count). The van der Waals surface area contributed by atoms with E-state index in [9.17, 15) is 67.4 Å². The quantitative estimate of drug-likeness (QED) is 0.0364. The van der Waals surface area contributed by atoms with Crippen LogP contribution in [0.2, 0.25) is 0 Å². The van der Waals surface area contributed by atoms with Gasteiger partial charge in [-0.15, -0.1) is 0 Å². The van der Waals surface area contributed by atoms with Gasteiger partial charge in [0, 0.05) is 67.9 Å². The first-order valence-corrected chi connectivity index (χ1v) is 35.7. The number of carboxylic acids is 1. The first-order valence-electron chi connectivity index (χ1n) is 35.7. The summed E-state index contributed by atoms with van der Waals surface area (Å²) in [6.45, 7) is 29.0. The van der Waals surface area contributed by atoms with Gasteiger partial charge in [0.25, 0.3) is 5.91 Å². The lowest BCUT2D eigenvalue weighted by Gasteiger charge is -2.36. The van der Waals surface area contributed by atoms with E-state index in [4.69, 9.17) is 0 Å². The minimum atomic E-state index is -1.21. The van der Waals surface area contributed by atoms with Crippen LogP contribution >= 0.6 is 0 Å². The predicted octanol–water partition coefficient (Wildman–Crippen LogP) is 6.10. The van der Waals surface area contributed by atoms with Crippen molar-refractivity contribution in [1.82, 2.24) is 61.3 Å². The van der Waals surface area contributed by atoms with Crippen LogP contribution in [0, 0.1) is 41.4 Å². The number of carbonyl (C=O) groups is 13. The number of rotatable bonds is 44. The lowest BCUT2D eigenvalue weighted by molar-refractivity contribution is -0.149. The Balaban J connectivity index is 3.23. The number of aromatic carboxylic acids is 1. The Morgan fingerprint density at radius 1 is 0.444 bits per heavy atom. The molecule has 12 amide bonds. The predicted molar refractivity (Wildman–Crippen MR) is 383 cm³/mol. The molecule has 2 unspecified atom stereocenters. The first-order chi connectivity index (χ1) is 46.0. The van der Waals surface area contributed by atoms with Gasteiger partial charge in [0.2, 0.25) is 65.0 Å². The molecule has 99 heavy (non-hydrogen) atoms. The summed E-state index contributed by atoms with van der Waals surface area (Å²) in [5, 5.41) is 25.8. The van der Waals surface area contributed by atoms with Gasteiger partial charge < -0.3 is 66.4 Å². The number of carbonyl (C=O) groups excluding carboxylic acids is 12. The molecule has 0 fully saturated rings. The molecule has 26 nitrogen and oxygen atoms in total. The van der Waals surface area contributed by atoms with E-state index in [1.807, 2.05) is 76.2 Å². The Bertz CT molecular complexity index is 2850. The third kappa shape index (κ3) is 30.0. The normalized spacial score (nSPS) is 14.5. The molecule has 0 bridgehead atoms. The zero-order valence-corrected chi connectivity index (χ0v) is 64.1. The fraction of sp³-hybridized carbons (Fsp3) is 0.740. The van der Waals surface area contributed by atoms with Gasteiger partial charge in [-0.05, 0) is 118 Å². The minimum Gasteiger partial charge on any atom is -0.478 e. The highest BCUT2D eigenvalue weighted by Gasteiger charge is 2.41. The Labute approximate surface area is 591 Å². The van der Waals surface area contributed by atoms with Crippen LogP contribution in [0.25, 0.3) is 0 Å². The van der Waals surface area contributed by atoms with Crippen molar-refractivity contribution in [3.05, 3.63) is 35.4 Å². The van der Waals surface area contributed by atoms with Crippen molar-refractivity contribution in [2.24, 2.45) is 41.4 Å². The standard InChI is InChI=1S/C73H126N12O14/c1-24-54(78-67(92)58(81(19)60(86)39-47(10)11)40-49(14)31-28-26-25-27-29-34-75-64(89)52-32-30-33-53(41-52)73(98)99)70(95)80(18)42-61(87)82(20)56(36-44(4)5)68(93)79-62(48(12)13)72(97)84(22)57(37-45(6)7)66(91)76-50(15)63(88)77-51(16)69(94)85(23)59(38-46(8)9)71(96)83(21)55(35-43(2)3)65(90)74-17/h30,32-33,41,43-51,54-59,62H,24-29,31,34-40,42H2,1-23H3,(H,74,90)(H,75,89)(H,76,91)(H,77,88)(H,78,92)(H,79,93)(H,98,99)/t49-,50-,51?,54+,55+,56+,57+,58?,59+,62+/m1/s1. The maximum absolute atomic E-state index is 14.7. The van der Waals surface area contributed by atoms with Crippen molar-refractivity contribution in [2.45, 2.75) is 249 Å². The van der Waals surface area contributed by atoms with E-state index < -0.39 is 126 Å². The summed E-state index contributed by atoms with van der Waals surface area (Å²) in [4.78, 5) is 186. The smallest absolute Gasteiger partial charge is 0.335 e. The molecular formula is C73H126N12O14. The molecular weight excluding hydrogens is 1270 g/mol. The first kappa shape index (κ1) is 89.3. The van der Waals surface area contributed by atoms with Crippen LogP contribution in [0.5, 0.6) is 0 Å². The number of amides is 12. The van der Waals surface area contributed by atoms with Crippen LogP contribution < -0.4 is 31.9 Å². The van der Waals surface area contributed by atoms with Gasteiger partial charge in [-0.1, -0.05) is 135 Å². The number of benzene rings is 1. The molecule has 0 saturated carbocycles. The Hall–Kier alpha value is -7.67. The van der Waals surface area contributed by atoms with Gasteiger partial charge in [-0.25, -0.2) is 4.79 Å². The van der Waals surface area contributed by atoms with Gasteiger partial charge in [-0.2, -0.15) is 0 Å². The van der Waals surface area contributed by atoms with Crippen LogP contribution in [0.3, 0.4) is 0 Å². The van der Waals surface area contributed by atoms with E-state index in [1.165, 1.54) is 104 Å². The molecule has 0 aliphatic heterocycles. The number of likely N-dealkylation sites (N-methyl/N-ethyl adjacent to an activating group) is 7. The topological polar surface area (TPSA) is 334 Å². The Kier molecular flexibility index (Phi) is 39.5. The van der Waals surface area contributed by atoms with Crippen LogP contribution in [0.1, 0.15) is 215 Å². The second kappa shape index (κ2) is 43.8. The molecule has 0 spiro atoms. The highest BCUT2D eigenvalue weighted by Crippen LogP contribution is 2.24. The molecule has 26 heteroatoms. The van der Waals surface area contributed by atoms with Crippen molar-refractivity contribution >= 4 is 76.9 Å². The number of unbranched alkanes of at least 4 members (excludes halogenated alkanes) is 4. The molecule has 0 radical (unpaired) electrons. The SMILES string of the molecule is CC[C@H](NC(=O)C(C[C@H](C)CCCCCCCNC(=O)c1cccc(C(=O)O)c1)N(C)C(=O)CC(C)C)C(=O)N(C)CC(=O)N(C)[C@@H](CC(C)C)C(=O)N[C@H](C(=O)N(C)[C@@H](CC(C)C)C(=O)N[C@H](C)C(=O)NC(C)C(=O)N(C)[C@@H](CC(C)C)C(=O)N(C)[C@@H](CC(C)C)C(=O)NC)C(C)C. The monoisotopic (exact) mass is 1390 g/mol. The van der Waals surface area contributed by atoms with Crippen LogP contribution in [-0.2, 0) is 52.7 Å². The molecule has 1 aromatic carbocycles. The minimum absolute atomic E-state index is 0.0133. The highest BCUT2D eigenvalue weighted by molar-refractivity contribution is 5.99. The van der Waals surface area contributed by atoms with Crippen molar-refractivity contribution in [1.29, 1.82) is 0 Å².